The predicted molar refractivity (Wildman–Crippen MR) is 203 cm³/mol. The number of amides is 2. The van der Waals surface area contributed by atoms with Gasteiger partial charge in [0.25, 0.3) is 0 Å². The number of ketones is 1. The van der Waals surface area contributed by atoms with E-state index in [1.807, 2.05) is 6.08 Å². The number of carbonyl (C=O) groups is 8. The third kappa shape index (κ3) is 21.1. The number of Topliss-reactive ketones (excluding diaryl/α,β-unsaturated/α-hetero) is 1. The average Bonchev–Trinajstić information content (AvgIpc) is 3.78. The Bertz CT molecular complexity index is 1750. The number of nitrogens with zero attached hydrogens (tertiary/aromatic N) is 1. The summed E-state index contributed by atoms with van der Waals surface area (Å²) >= 11 is 3.87. The Balaban J connectivity index is 0.000000752. The topological polar surface area (TPSA) is 414 Å². The molecule has 17 N–H and O–H groups in total. The molecule has 22 nitrogen and oxygen atoms in total. The van der Waals surface area contributed by atoms with Crippen molar-refractivity contribution in [3.63, 3.8) is 0 Å². The Kier molecular flexibility index (Phi) is 23.3. The Morgan fingerprint density at radius 1 is 0.857 bits per heavy atom. The monoisotopic (exact) mass is 812 g/mol. The van der Waals surface area contributed by atoms with Gasteiger partial charge in [-0.15, -0.1) is 0 Å². The number of aliphatic carboxylic acids is 5. The minimum atomic E-state index is -1.22. The maximum absolute atomic E-state index is 11.5. The summed E-state index contributed by atoms with van der Waals surface area (Å²) in [7, 11) is 0. The summed E-state index contributed by atoms with van der Waals surface area (Å²) in [5, 5.41) is 56.8. The van der Waals surface area contributed by atoms with Gasteiger partial charge in [-0.2, -0.15) is 12.6 Å². The van der Waals surface area contributed by atoms with Gasteiger partial charge in [-0.1, -0.05) is 6.08 Å². The summed E-state index contributed by atoms with van der Waals surface area (Å²) in [6.07, 6.45) is 6.17. The number of hydrogen-bond donors (Lipinski definition) is 14. The van der Waals surface area contributed by atoms with E-state index in [9.17, 15) is 43.5 Å². The number of fused-ring (bicyclic) bond motifs is 1. The van der Waals surface area contributed by atoms with Crippen molar-refractivity contribution in [1.29, 1.82) is 0 Å². The molecule has 56 heavy (non-hydrogen) atoms. The fraction of sp³-hybridized carbons (Fsp3) is 0.424. The number of allylic oxidation sites excluding steroid dienone is 1. The van der Waals surface area contributed by atoms with Gasteiger partial charge in [0, 0.05) is 60.4 Å². The van der Waals surface area contributed by atoms with Crippen molar-refractivity contribution in [3.05, 3.63) is 41.7 Å². The lowest BCUT2D eigenvalue weighted by atomic mass is 10.1. The van der Waals surface area contributed by atoms with Crippen molar-refractivity contribution in [2.45, 2.75) is 75.7 Å². The van der Waals surface area contributed by atoms with Crippen LogP contribution in [0, 0.1) is 0 Å². The number of phenolic OH excluding ortho intramolecular Hbond substituents is 1. The van der Waals surface area contributed by atoms with Gasteiger partial charge < -0.3 is 69.2 Å². The molecule has 1 aliphatic heterocycles. The van der Waals surface area contributed by atoms with E-state index in [-0.39, 0.29) is 43.0 Å². The highest BCUT2D eigenvalue weighted by Crippen LogP contribution is 2.23. The zero-order chi connectivity index (χ0) is 43.1. The molecule has 2 heterocycles. The van der Waals surface area contributed by atoms with Gasteiger partial charge in [-0.05, 0) is 37.1 Å². The summed E-state index contributed by atoms with van der Waals surface area (Å²) in [4.78, 5) is 91.8. The first-order chi connectivity index (χ1) is 26.1. The molecule has 0 unspecified atom stereocenters. The van der Waals surface area contributed by atoms with Gasteiger partial charge in [-0.3, -0.25) is 43.3 Å². The molecule has 3 rings (SSSR count). The number of benzene rings is 1. The zero-order valence-corrected chi connectivity index (χ0v) is 31.1. The van der Waals surface area contributed by atoms with Crippen molar-refractivity contribution in [2.75, 3.05) is 12.3 Å². The highest BCUT2D eigenvalue weighted by molar-refractivity contribution is 7.80. The molecule has 5 atom stereocenters. The van der Waals surface area contributed by atoms with Crippen molar-refractivity contribution in [1.82, 2.24) is 15.6 Å². The number of hydrogen-bond acceptors (Lipinski definition) is 15. The van der Waals surface area contributed by atoms with Gasteiger partial charge in [0.1, 0.15) is 42.2 Å². The van der Waals surface area contributed by atoms with Gasteiger partial charge in [0.2, 0.25) is 11.8 Å². The summed E-state index contributed by atoms with van der Waals surface area (Å²) < 4.78 is 0. The van der Waals surface area contributed by atoms with Crippen LogP contribution in [-0.2, 0) is 44.8 Å². The van der Waals surface area contributed by atoms with Gasteiger partial charge in [-0.25, -0.2) is 0 Å². The Morgan fingerprint density at radius 2 is 1.45 bits per heavy atom. The SMILES string of the molecule is CC(=O)[C@H](N)CC(=O)O.N[C@@H](CC1=CCC=N1)C(=O)O.N[C@@H](CCC(=O)N[C@@H](CS)C(=O)NCC(=O)O)C(=O)O.N[C@@H](Cc1c[nH]c2ccc(O)cc12)C(=O)O. The average molecular weight is 813 g/mol. The van der Waals surface area contributed by atoms with E-state index in [0.29, 0.717) is 6.42 Å². The fourth-order valence-corrected chi connectivity index (χ4v) is 4.27. The number of rotatable bonds is 18. The molecule has 0 saturated heterocycles. The number of nitrogens with one attached hydrogen (secondary N) is 3. The Morgan fingerprint density at radius 3 is 1.91 bits per heavy atom. The summed E-state index contributed by atoms with van der Waals surface area (Å²) in [6.45, 7) is 0.705. The van der Waals surface area contributed by atoms with Gasteiger partial charge >= 0.3 is 29.8 Å². The molecule has 1 aromatic carbocycles. The number of aliphatic imine (C=N–C) groups is 1. The van der Waals surface area contributed by atoms with Gasteiger partial charge in [0.15, 0.2) is 0 Å². The second-order valence-corrected chi connectivity index (χ2v) is 12.2. The van der Waals surface area contributed by atoms with Crippen LogP contribution < -0.4 is 33.6 Å². The first-order valence-corrected chi connectivity index (χ1v) is 17.1. The molecule has 0 saturated carbocycles. The molecule has 0 bridgehead atoms. The van der Waals surface area contributed by atoms with E-state index in [2.05, 4.69) is 33.2 Å². The first kappa shape index (κ1) is 50.1. The molecule has 310 valence electrons. The fourth-order valence-electron chi connectivity index (χ4n) is 4.01. The van der Waals surface area contributed by atoms with Crippen LogP contribution in [0.15, 0.2) is 41.2 Å². The molecule has 0 spiro atoms. The number of carboxylic acids is 5. The summed E-state index contributed by atoms with van der Waals surface area (Å²) in [5.74, 6) is -6.90. The number of H-pyrrole nitrogens is 1. The van der Waals surface area contributed by atoms with E-state index >= 15 is 0 Å². The maximum atomic E-state index is 11.5. The quantitative estimate of drug-likeness (QED) is 0.0734. The van der Waals surface area contributed by atoms with Crippen LogP contribution in [0.2, 0.25) is 0 Å². The third-order valence-corrected chi connectivity index (χ3v) is 7.50. The molecule has 2 aromatic rings. The van der Waals surface area contributed by atoms with E-state index in [0.717, 1.165) is 28.6 Å². The number of aromatic hydroxyl groups is 1. The lowest BCUT2D eigenvalue weighted by molar-refractivity contribution is -0.139. The summed E-state index contributed by atoms with van der Waals surface area (Å²) in [6, 6.07) is 0.151. The van der Waals surface area contributed by atoms with Crippen molar-refractivity contribution >= 4 is 77.2 Å². The van der Waals surface area contributed by atoms with Crippen LogP contribution in [0.1, 0.15) is 44.6 Å². The first-order valence-electron chi connectivity index (χ1n) is 16.4. The molecule has 0 aliphatic carbocycles. The van der Waals surface area contributed by atoms with Crippen LogP contribution in [-0.4, -0.2) is 132 Å². The highest BCUT2D eigenvalue weighted by Gasteiger charge is 2.21. The number of nitrogens with two attached hydrogens (primary N) is 4. The molecule has 1 aliphatic rings. The van der Waals surface area contributed by atoms with Gasteiger partial charge in [0.05, 0.1) is 12.5 Å². The van der Waals surface area contributed by atoms with Crippen molar-refractivity contribution in [2.24, 2.45) is 27.9 Å². The van der Waals surface area contributed by atoms with Crippen LogP contribution in [0.5, 0.6) is 5.75 Å². The Hall–Kier alpha value is -5.88. The minimum Gasteiger partial charge on any atom is -0.508 e. The van der Waals surface area contributed by atoms with E-state index < -0.39 is 78.4 Å². The second kappa shape index (κ2) is 26.0. The molecule has 1 aromatic heterocycles. The van der Waals surface area contributed by atoms with Crippen molar-refractivity contribution in [3.8, 4) is 5.75 Å². The molecule has 0 radical (unpaired) electrons. The van der Waals surface area contributed by atoms with E-state index in [1.54, 1.807) is 30.6 Å². The van der Waals surface area contributed by atoms with E-state index in [1.165, 1.54) is 6.92 Å². The number of phenols is 1. The smallest absolute Gasteiger partial charge is 0.322 e. The molecule has 23 heteroatoms. The molecular weight excluding hydrogens is 764 g/mol. The number of thiol groups is 1. The molecular formula is C33H48N8O14S. The molecule has 2 amide bonds. The second-order valence-electron chi connectivity index (χ2n) is 11.8. The lowest BCUT2D eigenvalue weighted by Crippen LogP contribution is -2.49. The number of aromatic amines is 1. The van der Waals surface area contributed by atoms with Crippen LogP contribution in [0.4, 0.5) is 0 Å². The van der Waals surface area contributed by atoms with Crippen LogP contribution in [0.3, 0.4) is 0 Å². The predicted octanol–water partition coefficient (Wildman–Crippen LogP) is -1.85. The summed E-state index contributed by atoms with van der Waals surface area (Å²) in [5.41, 5.74) is 23.5. The maximum Gasteiger partial charge on any atom is 0.322 e. The zero-order valence-electron chi connectivity index (χ0n) is 30.2. The normalized spacial score (nSPS) is 13.9. The van der Waals surface area contributed by atoms with Crippen LogP contribution in [0.25, 0.3) is 10.9 Å². The highest BCUT2D eigenvalue weighted by atomic mass is 32.1. The minimum absolute atomic E-state index is 0.0256. The lowest BCUT2D eigenvalue weighted by Gasteiger charge is -2.16. The largest absolute Gasteiger partial charge is 0.508 e. The molecule has 0 fully saturated rings. The Labute approximate surface area is 324 Å². The number of carbonyl (C=O) groups excluding carboxylic acids is 3. The number of carboxylic acid groups (broad SMARTS) is 5. The van der Waals surface area contributed by atoms with Crippen LogP contribution >= 0.6 is 12.6 Å². The van der Waals surface area contributed by atoms with E-state index in [4.69, 9.17) is 48.5 Å². The third-order valence-electron chi connectivity index (χ3n) is 7.13. The standard InChI is InChI=1S/C11H12N2O3.C10H17N3O6S.C7H10N2O2.C5H9NO3/c12-9(11(15)16)3-6-5-13-10-2-1-7(14)4-8(6)10;11-5(10(18)19)1-2-7(14)13-6(4-20)9(17)12-3-8(15)16;8-6(7(10)11)4-5-2-1-3-9-5;1-3(7)4(6)2-5(8)9/h1-2,4-5,9,13-14H,3,12H2,(H,15,16);5-6,20H,1-4,11H2,(H,12,17)(H,13,14)(H,15,16)(H,18,19);2-3,6H,1,4,8H2,(H,10,11);4H,2,6H2,1H3,(H,8,9)/t9-;5-,6-;6-;4-/m0001/s1. The van der Waals surface area contributed by atoms with Crippen molar-refractivity contribution < 1.29 is 69.0 Å². The number of aromatic nitrogens is 1.